The molecule has 0 aliphatic rings. The summed E-state index contributed by atoms with van der Waals surface area (Å²) in [5.41, 5.74) is -1.14. The maximum Gasteiger partial charge on any atom is 0.317 e. The largest absolute Gasteiger partial charge is 0.480 e. The number of rotatable bonds is 11. The van der Waals surface area contributed by atoms with Crippen LogP contribution in [0, 0.1) is 11.3 Å². The molecule has 0 aromatic rings. The van der Waals surface area contributed by atoms with Crippen molar-refractivity contribution in [3.05, 3.63) is 0 Å². The minimum absolute atomic E-state index is 0.0209. The Bertz CT molecular complexity index is 272. The topological polar surface area (TPSA) is 54.4 Å². The van der Waals surface area contributed by atoms with Crippen LogP contribution in [-0.2, 0) is 9.59 Å². The molecule has 19 heavy (non-hydrogen) atoms. The van der Waals surface area contributed by atoms with Gasteiger partial charge in [-0.15, -0.1) is 0 Å². The van der Waals surface area contributed by atoms with Gasteiger partial charge in [-0.3, -0.25) is 9.59 Å². The molecular formula is C16H30O3. The third kappa shape index (κ3) is 4.63. The summed E-state index contributed by atoms with van der Waals surface area (Å²) in [5.74, 6) is -1.02. The predicted molar refractivity (Wildman–Crippen MR) is 78.2 cm³/mol. The number of aliphatic carboxylic acids is 1. The van der Waals surface area contributed by atoms with E-state index in [-0.39, 0.29) is 11.7 Å². The SMILES string of the molecule is CCCC(CCC)C(=O)C(CCC)(CCC)C(=O)O. The Balaban J connectivity index is 5.29. The number of Topliss-reactive ketones (excluding diaryl/α,β-unsaturated/α-hetero) is 1. The van der Waals surface area contributed by atoms with E-state index in [2.05, 4.69) is 13.8 Å². The summed E-state index contributed by atoms with van der Waals surface area (Å²) < 4.78 is 0. The number of hydrogen-bond acceptors (Lipinski definition) is 2. The normalized spacial score (nSPS) is 11.8. The lowest BCUT2D eigenvalue weighted by atomic mass is 9.70. The van der Waals surface area contributed by atoms with Gasteiger partial charge in [0.1, 0.15) is 5.41 Å². The van der Waals surface area contributed by atoms with Gasteiger partial charge in [-0.1, -0.05) is 53.4 Å². The molecule has 0 fully saturated rings. The van der Waals surface area contributed by atoms with Crippen LogP contribution >= 0.6 is 0 Å². The van der Waals surface area contributed by atoms with Crippen LogP contribution in [0.4, 0.5) is 0 Å². The Morgan fingerprint density at radius 1 is 0.895 bits per heavy atom. The van der Waals surface area contributed by atoms with E-state index in [0.717, 1.165) is 38.5 Å². The zero-order chi connectivity index (χ0) is 14.9. The quantitative estimate of drug-likeness (QED) is 0.564. The first-order chi connectivity index (χ1) is 8.99. The van der Waals surface area contributed by atoms with Gasteiger partial charge in [0.2, 0.25) is 0 Å². The van der Waals surface area contributed by atoms with Crippen LogP contribution in [-0.4, -0.2) is 16.9 Å². The lowest BCUT2D eigenvalue weighted by Gasteiger charge is -2.31. The molecule has 0 atom stereocenters. The second-order valence-corrected chi connectivity index (χ2v) is 5.53. The Morgan fingerprint density at radius 2 is 1.32 bits per heavy atom. The van der Waals surface area contributed by atoms with Crippen LogP contribution in [0.3, 0.4) is 0 Å². The highest BCUT2D eigenvalue weighted by atomic mass is 16.4. The van der Waals surface area contributed by atoms with E-state index < -0.39 is 11.4 Å². The minimum Gasteiger partial charge on any atom is -0.480 e. The molecule has 112 valence electrons. The summed E-state index contributed by atoms with van der Waals surface area (Å²) in [7, 11) is 0. The average molecular weight is 270 g/mol. The molecule has 0 spiro atoms. The van der Waals surface area contributed by atoms with E-state index in [1.807, 2.05) is 13.8 Å². The Kier molecular flexibility index (Phi) is 8.70. The molecule has 0 amide bonds. The Labute approximate surface area is 117 Å². The van der Waals surface area contributed by atoms with Crippen molar-refractivity contribution in [3.8, 4) is 0 Å². The van der Waals surface area contributed by atoms with Crippen LogP contribution in [0.5, 0.6) is 0 Å². The van der Waals surface area contributed by atoms with E-state index in [1.165, 1.54) is 0 Å². The van der Waals surface area contributed by atoms with Crippen molar-refractivity contribution in [2.24, 2.45) is 11.3 Å². The van der Waals surface area contributed by atoms with Gasteiger partial charge in [-0.25, -0.2) is 0 Å². The first kappa shape index (κ1) is 18.1. The van der Waals surface area contributed by atoms with Crippen molar-refractivity contribution < 1.29 is 14.7 Å². The van der Waals surface area contributed by atoms with Gasteiger partial charge in [0.25, 0.3) is 0 Å². The number of carboxylic acid groups (broad SMARTS) is 1. The van der Waals surface area contributed by atoms with E-state index >= 15 is 0 Å². The third-order valence-electron chi connectivity index (χ3n) is 3.88. The highest BCUT2D eigenvalue weighted by Crippen LogP contribution is 2.36. The number of carbonyl (C=O) groups excluding carboxylic acids is 1. The summed E-state index contributed by atoms with van der Waals surface area (Å²) >= 11 is 0. The van der Waals surface area contributed by atoms with Gasteiger partial charge >= 0.3 is 5.97 Å². The van der Waals surface area contributed by atoms with E-state index in [1.54, 1.807) is 0 Å². The molecule has 0 bridgehead atoms. The number of carboxylic acids is 1. The molecular weight excluding hydrogens is 240 g/mol. The number of hydrogen-bond donors (Lipinski definition) is 1. The van der Waals surface area contributed by atoms with Gasteiger partial charge in [0.15, 0.2) is 5.78 Å². The van der Waals surface area contributed by atoms with E-state index in [0.29, 0.717) is 12.8 Å². The molecule has 0 unspecified atom stereocenters. The highest BCUT2D eigenvalue weighted by Gasteiger charge is 2.46. The minimum atomic E-state index is -1.14. The Hall–Kier alpha value is -0.860. The van der Waals surface area contributed by atoms with Crippen molar-refractivity contribution in [2.45, 2.75) is 79.1 Å². The molecule has 0 radical (unpaired) electrons. The summed E-state index contributed by atoms with van der Waals surface area (Å²) in [6.45, 7) is 8.01. The monoisotopic (exact) mass is 270 g/mol. The molecule has 0 aromatic heterocycles. The molecule has 0 aliphatic heterocycles. The van der Waals surface area contributed by atoms with Crippen LogP contribution in [0.15, 0.2) is 0 Å². The van der Waals surface area contributed by atoms with Crippen molar-refractivity contribution >= 4 is 11.8 Å². The smallest absolute Gasteiger partial charge is 0.317 e. The maximum atomic E-state index is 12.8. The maximum absolute atomic E-state index is 12.8. The first-order valence-electron chi connectivity index (χ1n) is 7.77. The van der Waals surface area contributed by atoms with Crippen molar-refractivity contribution in [1.82, 2.24) is 0 Å². The molecule has 0 saturated carbocycles. The summed E-state index contributed by atoms with van der Waals surface area (Å²) in [6.07, 6.45) is 5.92. The molecule has 0 aliphatic carbocycles. The van der Waals surface area contributed by atoms with Gasteiger partial charge < -0.3 is 5.11 Å². The van der Waals surface area contributed by atoms with Gasteiger partial charge in [-0.05, 0) is 25.7 Å². The number of ketones is 1. The third-order valence-corrected chi connectivity index (χ3v) is 3.88. The average Bonchev–Trinajstić information content (AvgIpc) is 2.37. The van der Waals surface area contributed by atoms with Crippen LogP contribution in [0.1, 0.15) is 79.1 Å². The number of carbonyl (C=O) groups is 2. The standard InChI is InChI=1S/C16H30O3/c1-5-9-13(10-6-2)14(17)16(11-7-3,12-8-4)15(18)19/h13H,5-12H2,1-4H3,(H,18,19). The highest BCUT2D eigenvalue weighted by molar-refractivity contribution is 6.04. The molecule has 3 nitrogen and oxygen atoms in total. The van der Waals surface area contributed by atoms with Gasteiger partial charge in [0, 0.05) is 5.92 Å². The molecule has 1 N–H and O–H groups in total. The van der Waals surface area contributed by atoms with Crippen LogP contribution < -0.4 is 0 Å². The molecule has 3 heteroatoms. The van der Waals surface area contributed by atoms with E-state index in [4.69, 9.17) is 0 Å². The fourth-order valence-corrected chi connectivity index (χ4v) is 3.04. The molecule has 0 aromatic carbocycles. The lowest BCUT2D eigenvalue weighted by molar-refractivity contribution is -0.158. The van der Waals surface area contributed by atoms with Crippen LogP contribution in [0.25, 0.3) is 0 Å². The fraction of sp³-hybridized carbons (Fsp3) is 0.875. The molecule has 0 saturated heterocycles. The van der Waals surface area contributed by atoms with Gasteiger partial charge in [0.05, 0.1) is 0 Å². The lowest BCUT2D eigenvalue weighted by Crippen LogP contribution is -2.43. The molecule has 0 heterocycles. The second-order valence-electron chi connectivity index (χ2n) is 5.53. The summed E-state index contributed by atoms with van der Waals surface area (Å²) in [6, 6.07) is 0. The zero-order valence-corrected chi connectivity index (χ0v) is 13.0. The van der Waals surface area contributed by atoms with Crippen molar-refractivity contribution in [2.75, 3.05) is 0 Å². The molecule has 0 rings (SSSR count). The zero-order valence-electron chi connectivity index (χ0n) is 13.0. The fourth-order valence-electron chi connectivity index (χ4n) is 3.04. The second kappa shape index (κ2) is 9.11. The van der Waals surface area contributed by atoms with Crippen LogP contribution in [0.2, 0.25) is 0 Å². The predicted octanol–water partition coefficient (Wildman–Crippen LogP) is 4.44. The summed E-state index contributed by atoms with van der Waals surface area (Å²) in [4.78, 5) is 24.5. The van der Waals surface area contributed by atoms with Crippen molar-refractivity contribution in [3.63, 3.8) is 0 Å². The van der Waals surface area contributed by atoms with Crippen molar-refractivity contribution in [1.29, 1.82) is 0 Å². The summed E-state index contributed by atoms with van der Waals surface area (Å²) in [5, 5.41) is 9.62. The first-order valence-corrected chi connectivity index (χ1v) is 7.77. The van der Waals surface area contributed by atoms with Gasteiger partial charge in [-0.2, -0.15) is 0 Å². The van der Waals surface area contributed by atoms with E-state index in [9.17, 15) is 14.7 Å². The Morgan fingerprint density at radius 3 is 1.58 bits per heavy atom.